The average molecular weight is 543 g/mol. The van der Waals surface area contributed by atoms with Crippen LogP contribution < -0.4 is 10.5 Å². The van der Waals surface area contributed by atoms with E-state index in [0.717, 1.165) is 18.4 Å². The first-order valence-electron chi connectivity index (χ1n) is 12.7. The van der Waals surface area contributed by atoms with Crippen LogP contribution in [0, 0.1) is 11.8 Å². The number of carbonyl (C=O) groups excluding carboxylic acids is 2. The first-order valence-corrected chi connectivity index (χ1v) is 13.4. The molecule has 0 aliphatic carbocycles. The minimum Gasteiger partial charge on any atom is -0.283 e. The number of imide groups is 1. The molecule has 7 nitrogen and oxygen atoms in total. The predicted molar refractivity (Wildman–Crippen MR) is 144 cm³/mol. The third-order valence-corrected chi connectivity index (χ3v) is 9.34. The molecule has 0 N–H and O–H groups in total. The molecule has 8 rings (SSSR count). The van der Waals surface area contributed by atoms with Crippen LogP contribution in [0.5, 0.6) is 0 Å². The summed E-state index contributed by atoms with van der Waals surface area (Å²) in [6.07, 6.45) is 1.66. The molecule has 2 amide bonds. The number of hydrogen-bond acceptors (Lipinski definition) is 5. The monoisotopic (exact) mass is 542 g/mol. The van der Waals surface area contributed by atoms with Gasteiger partial charge in [0.1, 0.15) is 11.4 Å². The molecular formula is C29H20Cl2N4O3. The maximum Gasteiger partial charge on any atom is 0.266 e. The second-order valence-corrected chi connectivity index (χ2v) is 11.2. The molecule has 0 saturated carbocycles. The number of anilines is 1. The molecule has 3 saturated heterocycles. The highest BCUT2D eigenvalue weighted by atomic mass is 35.5. The number of aromatic nitrogens is 2. The minimum atomic E-state index is -1.06. The molecule has 1 spiro atoms. The molecule has 1 aromatic heterocycles. The van der Waals surface area contributed by atoms with Crippen LogP contribution in [0.2, 0.25) is 10.0 Å². The van der Waals surface area contributed by atoms with Crippen molar-refractivity contribution in [3.05, 3.63) is 98.5 Å². The van der Waals surface area contributed by atoms with Gasteiger partial charge < -0.3 is 0 Å². The van der Waals surface area contributed by atoms with E-state index in [-0.39, 0.29) is 28.4 Å². The molecule has 5 heterocycles. The maximum absolute atomic E-state index is 14.5. The number of para-hydroxylation sites is 2. The van der Waals surface area contributed by atoms with Gasteiger partial charge in [-0.25, -0.2) is 9.88 Å². The van der Waals surface area contributed by atoms with Crippen molar-refractivity contribution in [2.45, 2.75) is 24.4 Å². The molecule has 188 valence electrons. The van der Waals surface area contributed by atoms with E-state index < -0.39 is 17.4 Å². The van der Waals surface area contributed by atoms with Gasteiger partial charge in [0.2, 0.25) is 11.8 Å². The Hall–Kier alpha value is -3.52. The Morgan fingerprint density at radius 1 is 0.895 bits per heavy atom. The zero-order chi connectivity index (χ0) is 25.9. The third kappa shape index (κ3) is 2.50. The van der Waals surface area contributed by atoms with Crippen LogP contribution in [-0.2, 0) is 15.1 Å². The second-order valence-electron chi connectivity index (χ2n) is 10.4. The fraction of sp³-hybridized carbons (Fsp3) is 0.241. The highest BCUT2D eigenvalue weighted by Crippen LogP contribution is 2.62. The summed E-state index contributed by atoms with van der Waals surface area (Å²) >= 11 is 12.8. The molecule has 4 aliphatic heterocycles. The fourth-order valence-electron chi connectivity index (χ4n) is 7.51. The van der Waals surface area contributed by atoms with E-state index in [4.69, 9.17) is 28.2 Å². The highest BCUT2D eigenvalue weighted by Gasteiger charge is 2.73. The third-order valence-electron chi connectivity index (χ3n) is 8.79. The van der Waals surface area contributed by atoms with Crippen LogP contribution in [0.3, 0.4) is 0 Å². The lowest BCUT2D eigenvalue weighted by Gasteiger charge is -2.38. The van der Waals surface area contributed by atoms with E-state index >= 15 is 0 Å². The Balaban J connectivity index is 1.45. The number of benzene rings is 3. The van der Waals surface area contributed by atoms with Gasteiger partial charge in [0.05, 0.1) is 39.1 Å². The van der Waals surface area contributed by atoms with E-state index in [1.165, 1.54) is 4.90 Å². The summed E-state index contributed by atoms with van der Waals surface area (Å²) < 4.78 is 1.65. The lowest BCUT2D eigenvalue weighted by Crippen LogP contribution is -2.51. The Kier molecular flexibility index (Phi) is 4.45. The van der Waals surface area contributed by atoms with Gasteiger partial charge in [-0.3, -0.25) is 23.9 Å². The molecule has 4 unspecified atom stereocenters. The molecule has 4 aromatic rings. The van der Waals surface area contributed by atoms with Crippen molar-refractivity contribution in [2.75, 3.05) is 11.4 Å². The van der Waals surface area contributed by atoms with Gasteiger partial charge in [0.25, 0.3) is 5.56 Å². The summed E-state index contributed by atoms with van der Waals surface area (Å²) in [4.78, 5) is 51.1. The zero-order valence-electron chi connectivity index (χ0n) is 20.0. The van der Waals surface area contributed by atoms with Crippen LogP contribution in [0.15, 0.2) is 71.5 Å². The molecular weight excluding hydrogens is 523 g/mol. The van der Waals surface area contributed by atoms with E-state index in [9.17, 15) is 14.4 Å². The standard InChI is InChI=1S/C29H20Cl2N4O3/c30-15-11-12-18(31)22(14-15)34-26(37)23-21-10-5-13-33(21)29(24(23)27(34)38)17-7-2-4-9-20(17)35-25(36)16-6-1-3-8-19(16)32-28(29)35/h1-4,6-9,11-12,14,21,23-24H,5,10,13H2. The topological polar surface area (TPSA) is 75.5 Å². The smallest absolute Gasteiger partial charge is 0.266 e. The Morgan fingerprint density at radius 3 is 2.55 bits per heavy atom. The number of nitrogens with zero attached hydrogens (tertiary/aromatic N) is 4. The SMILES string of the molecule is O=C1C2C3CCCN3C3(c4ccccc4-n4c3nc3ccccc3c4=O)C2C(=O)N1c1cc(Cl)ccc1Cl. The number of carbonyl (C=O) groups is 2. The van der Waals surface area contributed by atoms with Gasteiger partial charge in [0.15, 0.2) is 0 Å². The van der Waals surface area contributed by atoms with Crippen molar-refractivity contribution in [3.63, 3.8) is 0 Å². The van der Waals surface area contributed by atoms with Crippen LogP contribution in [-0.4, -0.2) is 38.9 Å². The summed E-state index contributed by atoms with van der Waals surface area (Å²) in [5, 5.41) is 1.17. The summed E-state index contributed by atoms with van der Waals surface area (Å²) in [6.45, 7) is 0.702. The maximum atomic E-state index is 14.5. The first-order chi connectivity index (χ1) is 18.4. The molecule has 3 aromatic carbocycles. The van der Waals surface area contributed by atoms with E-state index in [0.29, 0.717) is 39.7 Å². The molecule has 4 atom stereocenters. The number of halogens is 2. The minimum absolute atomic E-state index is 0.164. The van der Waals surface area contributed by atoms with Crippen LogP contribution in [0.25, 0.3) is 16.6 Å². The van der Waals surface area contributed by atoms with Crippen molar-refractivity contribution < 1.29 is 9.59 Å². The zero-order valence-corrected chi connectivity index (χ0v) is 21.5. The Morgan fingerprint density at radius 2 is 1.68 bits per heavy atom. The van der Waals surface area contributed by atoms with Gasteiger partial charge in [-0.2, -0.15) is 0 Å². The number of hydrogen-bond donors (Lipinski definition) is 0. The highest BCUT2D eigenvalue weighted by molar-refractivity contribution is 6.38. The molecule has 9 heteroatoms. The number of fused-ring (bicyclic) bond motifs is 11. The van der Waals surface area contributed by atoms with E-state index in [1.54, 1.807) is 28.8 Å². The number of rotatable bonds is 1. The Bertz CT molecular complexity index is 1800. The molecule has 0 radical (unpaired) electrons. The summed E-state index contributed by atoms with van der Waals surface area (Å²) in [6, 6.07) is 19.6. The van der Waals surface area contributed by atoms with Crippen LogP contribution in [0.4, 0.5) is 5.69 Å². The first kappa shape index (κ1) is 22.5. The van der Waals surface area contributed by atoms with Gasteiger partial charge in [-0.1, -0.05) is 53.5 Å². The summed E-state index contributed by atoms with van der Waals surface area (Å²) in [5.41, 5.74) is 1.16. The van der Waals surface area contributed by atoms with Crippen molar-refractivity contribution in [3.8, 4) is 5.69 Å². The van der Waals surface area contributed by atoms with Crippen molar-refractivity contribution in [1.82, 2.24) is 14.5 Å². The van der Waals surface area contributed by atoms with E-state index in [1.807, 2.05) is 42.5 Å². The lowest BCUT2D eigenvalue weighted by molar-refractivity contribution is -0.124. The van der Waals surface area contributed by atoms with Gasteiger partial charge >= 0.3 is 0 Å². The van der Waals surface area contributed by atoms with Crippen molar-refractivity contribution in [1.29, 1.82) is 0 Å². The molecule has 0 bridgehead atoms. The van der Waals surface area contributed by atoms with Gasteiger partial charge in [-0.05, 0) is 55.8 Å². The van der Waals surface area contributed by atoms with E-state index in [2.05, 4.69) is 4.90 Å². The molecule has 38 heavy (non-hydrogen) atoms. The lowest BCUT2D eigenvalue weighted by atomic mass is 9.75. The van der Waals surface area contributed by atoms with Gasteiger partial charge in [0, 0.05) is 16.6 Å². The normalized spacial score (nSPS) is 27.3. The van der Waals surface area contributed by atoms with Crippen LogP contribution >= 0.6 is 23.2 Å². The van der Waals surface area contributed by atoms with Crippen molar-refractivity contribution in [2.24, 2.45) is 11.8 Å². The van der Waals surface area contributed by atoms with Crippen molar-refractivity contribution >= 4 is 51.6 Å². The molecule has 4 aliphatic rings. The number of amides is 2. The molecule has 3 fully saturated rings. The van der Waals surface area contributed by atoms with Gasteiger partial charge in [-0.15, -0.1) is 0 Å². The predicted octanol–water partition coefficient (Wildman–Crippen LogP) is 4.53. The summed E-state index contributed by atoms with van der Waals surface area (Å²) in [5.74, 6) is -1.48. The average Bonchev–Trinajstić information content (AvgIpc) is 3.63. The van der Waals surface area contributed by atoms with Crippen LogP contribution in [0.1, 0.15) is 24.2 Å². The Labute approximate surface area is 227 Å². The summed E-state index contributed by atoms with van der Waals surface area (Å²) in [7, 11) is 0. The second kappa shape index (κ2) is 7.53. The fourth-order valence-corrected chi connectivity index (χ4v) is 7.88. The largest absolute Gasteiger partial charge is 0.283 e. The quantitative estimate of drug-likeness (QED) is 0.330.